The number of thiazole rings is 1. The molecule has 84 valence electrons. The Balaban J connectivity index is 2.33. The molecule has 0 atom stereocenters. The first-order valence-corrected chi connectivity index (χ1v) is 7.30. The highest BCUT2D eigenvalue weighted by atomic mass is 79.9. The maximum atomic E-state index is 5.86. The Bertz CT molecular complexity index is 478. The van der Waals surface area contributed by atoms with Crippen molar-refractivity contribution in [3.8, 4) is 10.6 Å². The third kappa shape index (κ3) is 2.65. The van der Waals surface area contributed by atoms with Crippen molar-refractivity contribution in [2.45, 2.75) is 13.3 Å². The maximum absolute atomic E-state index is 5.86. The molecule has 0 saturated carbocycles. The van der Waals surface area contributed by atoms with E-state index >= 15 is 0 Å². The van der Waals surface area contributed by atoms with E-state index in [1.165, 1.54) is 10.6 Å². The number of aryl methyl sites for hydroxylation is 2. The Morgan fingerprint density at radius 3 is 2.62 bits per heavy atom. The molecule has 0 aliphatic rings. The highest BCUT2D eigenvalue weighted by Crippen LogP contribution is 2.28. The summed E-state index contributed by atoms with van der Waals surface area (Å²) < 4.78 is 0. The number of halogens is 2. The van der Waals surface area contributed by atoms with E-state index in [0.29, 0.717) is 0 Å². The zero-order valence-corrected chi connectivity index (χ0v) is 12.0. The maximum Gasteiger partial charge on any atom is 0.123 e. The summed E-state index contributed by atoms with van der Waals surface area (Å²) in [4.78, 5) is 5.94. The van der Waals surface area contributed by atoms with Crippen LogP contribution in [0.5, 0.6) is 0 Å². The van der Waals surface area contributed by atoms with E-state index in [9.17, 15) is 0 Å². The SMILES string of the molecule is Cc1sc(-c2ccc(Cl)cc2)nc1CCBr. The van der Waals surface area contributed by atoms with Gasteiger partial charge in [0, 0.05) is 27.2 Å². The summed E-state index contributed by atoms with van der Waals surface area (Å²) in [6.07, 6.45) is 0.982. The van der Waals surface area contributed by atoms with Crippen molar-refractivity contribution in [1.82, 2.24) is 4.98 Å². The molecule has 1 nitrogen and oxygen atoms in total. The van der Waals surface area contributed by atoms with Crippen LogP contribution in [0.1, 0.15) is 10.6 Å². The predicted octanol–water partition coefficient (Wildman–Crippen LogP) is 4.71. The Labute approximate surface area is 113 Å². The van der Waals surface area contributed by atoms with Crippen LogP contribution in [0.3, 0.4) is 0 Å². The van der Waals surface area contributed by atoms with Crippen LogP contribution in [0.4, 0.5) is 0 Å². The van der Waals surface area contributed by atoms with Crippen molar-refractivity contribution in [1.29, 1.82) is 0 Å². The molecule has 0 saturated heterocycles. The van der Waals surface area contributed by atoms with Crippen molar-refractivity contribution in [3.63, 3.8) is 0 Å². The second-order valence-electron chi connectivity index (χ2n) is 3.47. The summed E-state index contributed by atoms with van der Waals surface area (Å²) in [7, 11) is 0. The van der Waals surface area contributed by atoms with Crippen molar-refractivity contribution in [2.24, 2.45) is 0 Å². The molecule has 0 spiro atoms. The molecular formula is C12H11BrClNS. The first kappa shape index (κ1) is 12.1. The molecule has 1 aromatic heterocycles. The molecule has 0 unspecified atom stereocenters. The van der Waals surface area contributed by atoms with Crippen LogP contribution in [0.25, 0.3) is 10.6 Å². The topological polar surface area (TPSA) is 12.9 Å². The number of hydrogen-bond donors (Lipinski definition) is 0. The number of hydrogen-bond acceptors (Lipinski definition) is 2. The second kappa shape index (κ2) is 5.30. The molecule has 0 radical (unpaired) electrons. The van der Waals surface area contributed by atoms with Gasteiger partial charge in [-0.25, -0.2) is 4.98 Å². The fraction of sp³-hybridized carbons (Fsp3) is 0.250. The van der Waals surface area contributed by atoms with Crippen molar-refractivity contribution in [2.75, 3.05) is 5.33 Å². The monoisotopic (exact) mass is 315 g/mol. The zero-order valence-electron chi connectivity index (χ0n) is 8.84. The Hall–Kier alpha value is -0.380. The van der Waals surface area contributed by atoms with E-state index in [-0.39, 0.29) is 0 Å². The first-order valence-electron chi connectivity index (χ1n) is 4.99. The number of alkyl halides is 1. The highest BCUT2D eigenvalue weighted by molar-refractivity contribution is 9.09. The van der Waals surface area contributed by atoms with Gasteiger partial charge in [-0.05, 0) is 19.1 Å². The number of benzene rings is 1. The molecule has 2 rings (SSSR count). The number of aromatic nitrogens is 1. The smallest absolute Gasteiger partial charge is 0.123 e. The van der Waals surface area contributed by atoms with Gasteiger partial charge in [-0.3, -0.25) is 0 Å². The average Bonchev–Trinajstić information content (AvgIpc) is 2.62. The molecule has 0 aliphatic carbocycles. The van der Waals surface area contributed by atoms with Crippen LogP contribution in [-0.2, 0) is 6.42 Å². The lowest BCUT2D eigenvalue weighted by Crippen LogP contribution is -1.88. The van der Waals surface area contributed by atoms with E-state index in [1.54, 1.807) is 11.3 Å². The molecule has 1 aromatic carbocycles. The summed E-state index contributed by atoms with van der Waals surface area (Å²) >= 11 is 11.0. The van der Waals surface area contributed by atoms with E-state index in [0.717, 1.165) is 27.3 Å². The summed E-state index contributed by atoms with van der Waals surface area (Å²) in [5, 5.41) is 2.79. The molecule has 0 bridgehead atoms. The van der Waals surface area contributed by atoms with Crippen LogP contribution in [-0.4, -0.2) is 10.3 Å². The summed E-state index contributed by atoms with van der Waals surface area (Å²) in [5.74, 6) is 0. The largest absolute Gasteiger partial charge is 0.241 e. The Morgan fingerprint density at radius 1 is 1.31 bits per heavy atom. The molecule has 16 heavy (non-hydrogen) atoms. The van der Waals surface area contributed by atoms with Gasteiger partial charge < -0.3 is 0 Å². The third-order valence-corrected chi connectivity index (χ3v) is 4.03. The fourth-order valence-corrected chi connectivity index (χ4v) is 2.93. The molecule has 0 N–H and O–H groups in total. The standard InChI is InChI=1S/C12H11BrClNS/c1-8-11(6-7-13)15-12(16-8)9-2-4-10(14)5-3-9/h2-5H,6-7H2,1H3. The molecule has 0 amide bonds. The predicted molar refractivity (Wildman–Crippen MR) is 74.8 cm³/mol. The van der Waals surface area contributed by atoms with E-state index in [2.05, 4.69) is 27.8 Å². The number of nitrogens with zero attached hydrogens (tertiary/aromatic N) is 1. The normalized spacial score (nSPS) is 10.7. The summed E-state index contributed by atoms with van der Waals surface area (Å²) in [6.45, 7) is 2.12. The van der Waals surface area contributed by atoms with Gasteiger partial charge in [0.15, 0.2) is 0 Å². The van der Waals surface area contributed by atoms with Crippen molar-refractivity contribution >= 4 is 38.9 Å². The summed E-state index contributed by atoms with van der Waals surface area (Å²) in [6, 6.07) is 7.83. The number of rotatable bonds is 3. The van der Waals surface area contributed by atoms with Crippen LogP contribution in [0.2, 0.25) is 5.02 Å². The van der Waals surface area contributed by atoms with Gasteiger partial charge in [0.05, 0.1) is 5.69 Å². The Kier molecular flexibility index (Phi) is 4.00. The fourth-order valence-electron chi connectivity index (χ4n) is 1.47. The lowest BCUT2D eigenvalue weighted by Gasteiger charge is -1.95. The lowest BCUT2D eigenvalue weighted by molar-refractivity contribution is 1.07. The quantitative estimate of drug-likeness (QED) is 0.747. The van der Waals surface area contributed by atoms with Crippen LogP contribution < -0.4 is 0 Å². The van der Waals surface area contributed by atoms with Gasteiger partial charge in [-0.2, -0.15) is 0 Å². The van der Waals surface area contributed by atoms with Gasteiger partial charge in [-0.15, -0.1) is 11.3 Å². The molecule has 0 fully saturated rings. The molecule has 2 aromatic rings. The lowest BCUT2D eigenvalue weighted by atomic mass is 10.2. The molecule has 0 aliphatic heterocycles. The molecule has 1 heterocycles. The van der Waals surface area contributed by atoms with Crippen LogP contribution >= 0.6 is 38.9 Å². The minimum atomic E-state index is 0.762. The third-order valence-electron chi connectivity index (χ3n) is 2.32. The van der Waals surface area contributed by atoms with Crippen LogP contribution in [0, 0.1) is 6.92 Å². The zero-order chi connectivity index (χ0) is 11.5. The highest BCUT2D eigenvalue weighted by Gasteiger charge is 2.08. The minimum Gasteiger partial charge on any atom is -0.241 e. The molecule has 4 heteroatoms. The van der Waals surface area contributed by atoms with E-state index in [1.807, 2.05) is 24.3 Å². The van der Waals surface area contributed by atoms with Crippen LogP contribution in [0.15, 0.2) is 24.3 Å². The first-order chi connectivity index (χ1) is 7.70. The minimum absolute atomic E-state index is 0.762. The Morgan fingerprint density at radius 2 is 2.00 bits per heavy atom. The van der Waals surface area contributed by atoms with E-state index in [4.69, 9.17) is 11.6 Å². The summed E-state index contributed by atoms with van der Waals surface area (Å²) in [5.41, 5.74) is 2.32. The van der Waals surface area contributed by atoms with Gasteiger partial charge in [0.1, 0.15) is 5.01 Å². The van der Waals surface area contributed by atoms with Gasteiger partial charge >= 0.3 is 0 Å². The average molecular weight is 317 g/mol. The van der Waals surface area contributed by atoms with Crippen molar-refractivity contribution < 1.29 is 0 Å². The molecular weight excluding hydrogens is 306 g/mol. The van der Waals surface area contributed by atoms with Gasteiger partial charge in [0.25, 0.3) is 0 Å². The van der Waals surface area contributed by atoms with Gasteiger partial charge in [-0.1, -0.05) is 39.7 Å². The van der Waals surface area contributed by atoms with Crippen molar-refractivity contribution in [3.05, 3.63) is 39.9 Å². The van der Waals surface area contributed by atoms with Gasteiger partial charge in [0.2, 0.25) is 0 Å². The van der Waals surface area contributed by atoms with E-state index < -0.39 is 0 Å². The second-order valence-corrected chi connectivity index (χ2v) is 5.90.